The van der Waals surface area contributed by atoms with E-state index in [9.17, 15) is 0 Å². The summed E-state index contributed by atoms with van der Waals surface area (Å²) < 4.78 is 0. The Labute approximate surface area is 249 Å². The smallest absolute Gasteiger partial charge is 0.0322 e. The number of rotatable bonds is 18. The van der Waals surface area contributed by atoms with Gasteiger partial charge < -0.3 is 0 Å². The van der Waals surface area contributed by atoms with Crippen LogP contribution in [0.2, 0.25) is 0 Å². The summed E-state index contributed by atoms with van der Waals surface area (Å²) in [6.07, 6.45) is 42.4. The van der Waals surface area contributed by atoms with E-state index in [4.69, 9.17) is 0 Å². The average molecular weight is 541 g/mol. The fraction of sp³-hybridized carbons (Fsp3) is 0.450. The van der Waals surface area contributed by atoms with Crippen LogP contribution in [0.3, 0.4) is 0 Å². The molecule has 0 heterocycles. The lowest BCUT2D eigenvalue weighted by Crippen LogP contribution is -1.91. The molecule has 0 N–H and O–H groups in total. The highest BCUT2D eigenvalue weighted by Crippen LogP contribution is 2.14. The predicted octanol–water partition coefficient (Wildman–Crippen LogP) is 13.1. The molecule has 0 fully saturated rings. The zero-order valence-electron chi connectivity index (χ0n) is 27.6. The largest absolute Gasteiger partial charge is 0.0859 e. The maximum atomic E-state index is 2.34. The van der Waals surface area contributed by atoms with E-state index in [2.05, 4.69) is 166 Å². The van der Waals surface area contributed by atoms with E-state index >= 15 is 0 Å². The molecule has 0 saturated heterocycles. The molecule has 0 unspecified atom stereocenters. The highest BCUT2D eigenvalue weighted by Gasteiger charge is 1.98. The van der Waals surface area contributed by atoms with E-state index in [0.29, 0.717) is 0 Å². The zero-order chi connectivity index (χ0) is 30.2. The van der Waals surface area contributed by atoms with Gasteiger partial charge in [-0.3, -0.25) is 0 Å². The van der Waals surface area contributed by atoms with Crippen molar-refractivity contribution in [2.24, 2.45) is 11.8 Å². The summed E-state index contributed by atoms with van der Waals surface area (Å²) in [6.45, 7) is 22.0. The molecule has 0 aromatic heterocycles. The summed E-state index contributed by atoms with van der Waals surface area (Å²) in [5, 5.41) is 0. The molecule has 220 valence electrons. The van der Waals surface area contributed by atoms with Crippen molar-refractivity contribution >= 4 is 0 Å². The first-order valence-corrected chi connectivity index (χ1v) is 15.3. The first-order chi connectivity index (χ1) is 19.0. The fourth-order valence-electron chi connectivity index (χ4n) is 3.86. The number of hydrogen-bond donors (Lipinski definition) is 0. The van der Waals surface area contributed by atoms with Gasteiger partial charge in [-0.2, -0.15) is 0 Å². The van der Waals surface area contributed by atoms with Crippen molar-refractivity contribution in [2.75, 3.05) is 0 Å². The summed E-state index contributed by atoms with van der Waals surface area (Å²) in [6, 6.07) is 0. The third-order valence-electron chi connectivity index (χ3n) is 6.53. The minimum Gasteiger partial charge on any atom is -0.0859 e. The van der Waals surface area contributed by atoms with Crippen LogP contribution in [-0.2, 0) is 0 Å². The minimum atomic E-state index is 0.727. The van der Waals surface area contributed by atoms with Crippen molar-refractivity contribution in [1.29, 1.82) is 0 Å². The maximum Gasteiger partial charge on any atom is -0.0322 e. The molecular formula is C40H60. The zero-order valence-corrected chi connectivity index (χ0v) is 27.6. The third-order valence-corrected chi connectivity index (χ3v) is 6.53. The first kappa shape index (κ1) is 37.1. The molecule has 0 heteroatoms. The molecule has 0 aliphatic carbocycles. The van der Waals surface area contributed by atoms with E-state index in [-0.39, 0.29) is 0 Å². The monoisotopic (exact) mass is 540 g/mol. The van der Waals surface area contributed by atoms with E-state index in [0.717, 1.165) is 24.7 Å². The molecule has 2 atom stereocenters. The second kappa shape index (κ2) is 24.0. The van der Waals surface area contributed by atoms with Crippen LogP contribution in [-0.4, -0.2) is 0 Å². The molecule has 0 aliphatic rings. The summed E-state index contributed by atoms with van der Waals surface area (Å²) in [7, 11) is 0. The Morgan fingerprint density at radius 3 is 1.12 bits per heavy atom. The van der Waals surface area contributed by atoms with Crippen LogP contribution < -0.4 is 0 Å². The van der Waals surface area contributed by atoms with Crippen molar-refractivity contribution in [3.63, 3.8) is 0 Å². The molecular weight excluding hydrogens is 480 g/mol. The van der Waals surface area contributed by atoms with Gasteiger partial charge in [0.2, 0.25) is 0 Å². The number of allylic oxidation sites excluding steroid dienone is 22. The van der Waals surface area contributed by atoms with Gasteiger partial charge in [-0.05, 0) is 106 Å². The van der Waals surface area contributed by atoms with Crippen LogP contribution in [0.1, 0.15) is 108 Å². The van der Waals surface area contributed by atoms with Gasteiger partial charge in [0.1, 0.15) is 0 Å². The molecule has 0 nitrogen and oxygen atoms in total. The Balaban J connectivity index is 4.55. The van der Waals surface area contributed by atoms with Crippen molar-refractivity contribution in [1.82, 2.24) is 0 Å². The molecule has 40 heavy (non-hydrogen) atoms. The highest BCUT2D eigenvalue weighted by atomic mass is 14.0. The Bertz CT molecular complexity index is 942. The third kappa shape index (κ3) is 25.4. The summed E-state index contributed by atoms with van der Waals surface area (Å²) in [4.78, 5) is 0. The molecule has 0 rings (SSSR count). The summed E-state index contributed by atoms with van der Waals surface area (Å²) in [5.74, 6) is 1.45. The lowest BCUT2D eigenvalue weighted by atomic mass is 10.0. The lowest BCUT2D eigenvalue weighted by molar-refractivity contribution is 0.545. The predicted molar refractivity (Wildman–Crippen MR) is 186 cm³/mol. The van der Waals surface area contributed by atoms with Crippen molar-refractivity contribution in [2.45, 2.75) is 108 Å². The van der Waals surface area contributed by atoms with Gasteiger partial charge >= 0.3 is 0 Å². The van der Waals surface area contributed by atoms with E-state index in [1.54, 1.807) is 0 Å². The lowest BCUT2D eigenvalue weighted by Gasteiger charge is -2.06. The Kier molecular flexibility index (Phi) is 22.3. The van der Waals surface area contributed by atoms with Gasteiger partial charge in [-0.25, -0.2) is 0 Å². The van der Waals surface area contributed by atoms with Crippen LogP contribution in [0.25, 0.3) is 0 Å². The molecule has 0 aromatic rings. The van der Waals surface area contributed by atoms with Gasteiger partial charge in [-0.15, -0.1) is 0 Å². The molecule has 0 spiro atoms. The molecule has 0 amide bonds. The fourth-order valence-corrected chi connectivity index (χ4v) is 3.86. The topological polar surface area (TPSA) is 0 Å². The van der Waals surface area contributed by atoms with Gasteiger partial charge in [0.15, 0.2) is 0 Å². The molecule has 0 aliphatic heterocycles. The summed E-state index contributed by atoms with van der Waals surface area (Å²) >= 11 is 0. The molecule has 0 saturated carbocycles. The van der Waals surface area contributed by atoms with Crippen LogP contribution in [0.15, 0.2) is 131 Å². The Morgan fingerprint density at radius 1 is 0.450 bits per heavy atom. The molecule has 0 radical (unpaired) electrons. The summed E-state index contributed by atoms with van der Waals surface area (Å²) in [5.41, 5.74) is 7.87. The standard InChI is InChI=1S/C40H60/c1-33(2)19-13-23-37(7)27-17-31-39(9)29-15-25-35(5)21-11-12-22-36(6)26-16-30-40(10)32-18-28-38(8)24-14-20-34(3)4/h11-12,15-22,25-26,29-32,37-38H,13-14,23-24,27-28H2,1-10H3/b12-11-,25-15-,26-16+,31-17+,32-18+,35-21+,36-22+,39-29-,40-30-/t37-,38-/m1/s1. The second-order valence-electron chi connectivity index (χ2n) is 12.0. The van der Waals surface area contributed by atoms with Crippen LogP contribution >= 0.6 is 0 Å². The van der Waals surface area contributed by atoms with E-state index in [1.165, 1.54) is 59.1 Å². The van der Waals surface area contributed by atoms with E-state index in [1.807, 2.05) is 0 Å². The van der Waals surface area contributed by atoms with Crippen LogP contribution in [0.5, 0.6) is 0 Å². The highest BCUT2D eigenvalue weighted by molar-refractivity contribution is 5.31. The van der Waals surface area contributed by atoms with Crippen molar-refractivity contribution in [3.05, 3.63) is 131 Å². The van der Waals surface area contributed by atoms with Gasteiger partial charge in [0.25, 0.3) is 0 Å². The van der Waals surface area contributed by atoms with Crippen molar-refractivity contribution in [3.8, 4) is 0 Å². The van der Waals surface area contributed by atoms with Crippen LogP contribution in [0, 0.1) is 11.8 Å². The SMILES string of the molecule is CC(C)=CCC[C@@H](C)C/C=C/C(C)=C\C=C/C(C)=C/C=C\C=C(C)\C=C\C=C(C)/C=C/C[C@H](C)CCC=C(C)C. The van der Waals surface area contributed by atoms with Crippen molar-refractivity contribution < 1.29 is 0 Å². The number of hydrogen-bond acceptors (Lipinski definition) is 0. The maximum absolute atomic E-state index is 2.34. The van der Waals surface area contributed by atoms with Gasteiger partial charge in [-0.1, -0.05) is 145 Å². The quantitative estimate of drug-likeness (QED) is 0.120. The molecule has 0 aromatic carbocycles. The minimum absolute atomic E-state index is 0.727. The normalized spacial score (nSPS) is 15.8. The Hall–Kier alpha value is -2.86. The Morgan fingerprint density at radius 2 is 0.775 bits per heavy atom. The van der Waals surface area contributed by atoms with Crippen LogP contribution in [0.4, 0.5) is 0 Å². The second-order valence-corrected chi connectivity index (χ2v) is 12.0. The van der Waals surface area contributed by atoms with Gasteiger partial charge in [0, 0.05) is 0 Å². The average Bonchev–Trinajstić information content (AvgIpc) is 2.86. The molecule has 0 bridgehead atoms. The van der Waals surface area contributed by atoms with Gasteiger partial charge in [0.05, 0.1) is 0 Å². The van der Waals surface area contributed by atoms with E-state index < -0.39 is 0 Å². The first-order valence-electron chi connectivity index (χ1n) is 15.3.